The molecule has 2 N–H and O–H groups in total. The minimum atomic E-state index is -4.26. The Bertz CT molecular complexity index is 286. The monoisotopic (exact) mass is 269 g/mol. The van der Waals surface area contributed by atoms with Crippen LogP contribution in [0.1, 0.15) is 11.1 Å². The molecular formula is C9H11BrF3N. The van der Waals surface area contributed by atoms with Crippen LogP contribution in [0.4, 0.5) is 13.2 Å². The molecule has 0 atom stereocenters. The summed E-state index contributed by atoms with van der Waals surface area (Å²) in [5.74, 6) is 0. The van der Waals surface area contributed by atoms with Gasteiger partial charge in [-0.25, -0.2) is 0 Å². The van der Waals surface area contributed by atoms with Crippen LogP contribution in [0.15, 0.2) is 24.3 Å². The van der Waals surface area contributed by atoms with Crippen LogP contribution in [0.2, 0.25) is 0 Å². The molecule has 80 valence electrons. The summed E-state index contributed by atoms with van der Waals surface area (Å²) in [6.45, 7) is 0.362. The Balaban J connectivity index is 0.00000169. The fourth-order valence-electron chi connectivity index (χ4n) is 1.07. The van der Waals surface area contributed by atoms with Crippen LogP contribution in [0.25, 0.3) is 0 Å². The van der Waals surface area contributed by atoms with E-state index in [1.54, 1.807) is 6.07 Å². The van der Waals surface area contributed by atoms with Gasteiger partial charge < -0.3 is 5.73 Å². The topological polar surface area (TPSA) is 26.0 Å². The van der Waals surface area contributed by atoms with Crippen molar-refractivity contribution in [1.29, 1.82) is 0 Å². The predicted octanol–water partition coefficient (Wildman–Crippen LogP) is 2.78. The van der Waals surface area contributed by atoms with E-state index in [4.69, 9.17) is 5.73 Å². The van der Waals surface area contributed by atoms with Gasteiger partial charge in [0.05, 0.1) is 5.56 Å². The van der Waals surface area contributed by atoms with Gasteiger partial charge in [0, 0.05) is 0 Å². The number of hydrogen-bond donors (Lipinski definition) is 1. The summed E-state index contributed by atoms with van der Waals surface area (Å²) in [4.78, 5) is 0. The molecule has 0 aromatic heterocycles. The second-order valence-corrected chi connectivity index (χ2v) is 2.74. The van der Waals surface area contributed by atoms with Crippen molar-refractivity contribution in [2.45, 2.75) is 12.6 Å². The number of hydrogen-bond acceptors (Lipinski definition) is 1. The molecular weight excluding hydrogens is 259 g/mol. The first-order chi connectivity index (χ1) is 6.04. The van der Waals surface area contributed by atoms with Crippen LogP contribution in [-0.2, 0) is 12.6 Å². The zero-order valence-electron chi connectivity index (χ0n) is 7.34. The maximum Gasteiger partial charge on any atom is 0.416 e. The molecule has 0 bridgehead atoms. The van der Waals surface area contributed by atoms with Crippen molar-refractivity contribution < 1.29 is 13.2 Å². The molecule has 1 aromatic carbocycles. The van der Waals surface area contributed by atoms with Gasteiger partial charge in [-0.3, -0.25) is 0 Å². The summed E-state index contributed by atoms with van der Waals surface area (Å²) in [7, 11) is 0. The van der Waals surface area contributed by atoms with E-state index >= 15 is 0 Å². The van der Waals surface area contributed by atoms with E-state index in [1.807, 2.05) is 0 Å². The number of rotatable bonds is 2. The second-order valence-electron chi connectivity index (χ2n) is 2.74. The van der Waals surface area contributed by atoms with Crippen LogP contribution in [0.5, 0.6) is 0 Å². The summed E-state index contributed by atoms with van der Waals surface area (Å²) in [6, 6.07) is 5.22. The number of benzene rings is 1. The fourth-order valence-corrected chi connectivity index (χ4v) is 1.07. The summed E-state index contributed by atoms with van der Waals surface area (Å²) >= 11 is 0. The number of alkyl halides is 3. The average molecular weight is 270 g/mol. The van der Waals surface area contributed by atoms with Crippen molar-refractivity contribution >= 4 is 17.0 Å². The zero-order valence-corrected chi connectivity index (χ0v) is 9.06. The summed E-state index contributed by atoms with van der Waals surface area (Å²) in [6.07, 6.45) is -3.78. The van der Waals surface area contributed by atoms with E-state index < -0.39 is 11.7 Å². The van der Waals surface area contributed by atoms with Gasteiger partial charge in [0.2, 0.25) is 0 Å². The molecule has 0 aliphatic heterocycles. The molecule has 0 unspecified atom stereocenters. The molecule has 0 spiro atoms. The van der Waals surface area contributed by atoms with Crippen LogP contribution in [0.3, 0.4) is 0 Å². The lowest BCUT2D eigenvalue weighted by Gasteiger charge is -2.07. The summed E-state index contributed by atoms with van der Waals surface area (Å²) < 4.78 is 36.5. The first-order valence-electron chi connectivity index (χ1n) is 3.90. The highest BCUT2D eigenvalue weighted by molar-refractivity contribution is 8.93. The summed E-state index contributed by atoms with van der Waals surface area (Å²) in [5, 5.41) is 0. The highest BCUT2D eigenvalue weighted by Gasteiger charge is 2.30. The molecule has 0 fully saturated rings. The van der Waals surface area contributed by atoms with Gasteiger partial charge in [0.25, 0.3) is 0 Å². The van der Waals surface area contributed by atoms with Gasteiger partial charge in [0.15, 0.2) is 0 Å². The lowest BCUT2D eigenvalue weighted by Crippen LogP contribution is -2.07. The van der Waals surface area contributed by atoms with Crippen molar-refractivity contribution in [1.82, 2.24) is 0 Å². The zero-order chi connectivity index (χ0) is 9.90. The van der Waals surface area contributed by atoms with Gasteiger partial charge >= 0.3 is 6.18 Å². The first-order valence-corrected chi connectivity index (χ1v) is 3.90. The van der Waals surface area contributed by atoms with Crippen LogP contribution in [-0.4, -0.2) is 6.54 Å². The van der Waals surface area contributed by atoms with Crippen molar-refractivity contribution in [2.75, 3.05) is 6.54 Å². The molecule has 0 saturated carbocycles. The Labute approximate surface area is 90.9 Å². The van der Waals surface area contributed by atoms with Gasteiger partial charge in [-0.05, 0) is 24.6 Å². The van der Waals surface area contributed by atoms with Crippen LogP contribution < -0.4 is 5.73 Å². The molecule has 0 aliphatic carbocycles. The minimum absolute atomic E-state index is 0. The second kappa shape index (κ2) is 5.36. The Morgan fingerprint density at radius 2 is 1.86 bits per heavy atom. The molecule has 1 aromatic rings. The lowest BCUT2D eigenvalue weighted by molar-refractivity contribution is -0.137. The van der Waals surface area contributed by atoms with Gasteiger partial charge in [-0.15, -0.1) is 17.0 Å². The highest BCUT2D eigenvalue weighted by atomic mass is 79.9. The predicted molar refractivity (Wildman–Crippen MR) is 54.5 cm³/mol. The molecule has 1 rings (SSSR count). The standard InChI is InChI=1S/C9H10F3N.BrH/c10-9(11,12)8-3-1-2-7(6-8)4-5-13;/h1-3,6H,4-5,13H2;1H. The number of halogens is 4. The fraction of sp³-hybridized carbons (Fsp3) is 0.333. The van der Waals surface area contributed by atoms with Gasteiger partial charge in [-0.2, -0.15) is 13.2 Å². The molecule has 0 amide bonds. The minimum Gasteiger partial charge on any atom is -0.330 e. The van der Waals surface area contributed by atoms with Gasteiger partial charge in [-0.1, -0.05) is 18.2 Å². The first kappa shape index (κ1) is 13.4. The Kier molecular flexibility index (Phi) is 5.15. The molecule has 0 heterocycles. The molecule has 0 saturated heterocycles. The quantitative estimate of drug-likeness (QED) is 0.878. The maximum atomic E-state index is 12.2. The third-order valence-corrected chi connectivity index (χ3v) is 1.69. The smallest absolute Gasteiger partial charge is 0.330 e. The third kappa shape index (κ3) is 3.67. The van der Waals surface area contributed by atoms with E-state index in [-0.39, 0.29) is 17.0 Å². The van der Waals surface area contributed by atoms with Crippen LogP contribution >= 0.6 is 17.0 Å². The SMILES string of the molecule is Br.NCCc1cccc(C(F)(F)F)c1. The molecule has 1 nitrogen and oxygen atoms in total. The molecule has 14 heavy (non-hydrogen) atoms. The third-order valence-electron chi connectivity index (χ3n) is 1.69. The average Bonchev–Trinajstić information content (AvgIpc) is 2.04. The molecule has 0 radical (unpaired) electrons. The Morgan fingerprint density at radius 3 is 2.36 bits per heavy atom. The van der Waals surface area contributed by atoms with Crippen molar-refractivity contribution in [3.8, 4) is 0 Å². The Morgan fingerprint density at radius 1 is 1.21 bits per heavy atom. The number of nitrogens with two attached hydrogens (primary N) is 1. The van der Waals surface area contributed by atoms with E-state index in [0.717, 1.165) is 12.1 Å². The van der Waals surface area contributed by atoms with Crippen molar-refractivity contribution in [3.63, 3.8) is 0 Å². The lowest BCUT2D eigenvalue weighted by atomic mass is 10.1. The van der Waals surface area contributed by atoms with Crippen LogP contribution in [0, 0.1) is 0 Å². The normalized spacial score (nSPS) is 10.9. The van der Waals surface area contributed by atoms with Gasteiger partial charge in [0.1, 0.15) is 0 Å². The Hall–Kier alpha value is -0.550. The van der Waals surface area contributed by atoms with E-state index in [0.29, 0.717) is 18.5 Å². The maximum absolute atomic E-state index is 12.2. The molecule has 0 aliphatic rings. The summed E-state index contributed by atoms with van der Waals surface area (Å²) in [5.41, 5.74) is 5.25. The molecule has 5 heteroatoms. The highest BCUT2D eigenvalue weighted by Crippen LogP contribution is 2.29. The van der Waals surface area contributed by atoms with E-state index in [1.165, 1.54) is 6.07 Å². The van der Waals surface area contributed by atoms with E-state index in [2.05, 4.69) is 0 Å². The van der Waals surface area contributed by atoms with E-state index in [9.17, 15) is 13.2 Å². The van der Waals surface area contributed by atoms with Crippen molar-refractivity contribution in [2.24, 2.45) is 5.73 Å². The largest absolute Gasteiger partial charge is 0.416 e. The van der Waals surface area contributed by atoms with Crippen molar-refractivity contribution in [3.05, 3.63) is 35.4 Å².